The molecule has 0 N–H and O–H groups in total. The smallest absolute Gasteiger partial charge is 0.119 e. The summed E-state index contributed by atoms with van der Waals surface area (Å²) in [6.07, 6.45) is 2.11. The second kappa shape index (κ2) is 4.70. The first-order valence-electron chi connectivity index (χ1n) is 4.64. The first-order valence-corrected chi connectivity index (χ1v) is 4.64. The number of benzene rings is 1. The second-order valence-electron chi connectivity index (χ2n) is 2.93. The summed E-state index contributed by atoms with van der Waals surface area (Å²) < 4.78 is 5.35. The lowest BCUT2D eigenvalue weighted by Gasteiger charge is -2.04. The van der Waals surface area contributed by atoms with Gasteiger partial charge in [0.25, 0.3) is 0 Å². The molecule has 1 aromatic rings. The molecule has 1 nitrogen and oxygen atoms in total. The van der Waals surface area contributed by atoms with E-state index in [1.54, 1.807) is 0 Å². The molecule has 0 aliphatic rings. The summed E-state index contributed by atoms with van der Waals surface area (Å²) in [5, 5.41) is 0. The summed E-state index contributed by atoms with van der Waals surface area (Å²) in [6.45, 7) is 6.87. The summed E-state index contributed by atoms with van der Waals surface area (Å²) in [6, 6.07) is 8.18. The molecular formula is C12H16O. The summed E-state index contributed by atoms with van der Waals surface area (Å²) in [4.78, 5) is 0. The highest BCUT2D eigenvalue weighted by Gasteiger charge is 1.95. The molecule has 0 saturated heterocycles. The maximum absolute atomic E-state index is 5.35. The van der Waals surface area contributed by atoms with E-state index in [4.69, 9.17) is 4.74 Å². The van der Waals surface area contributed by atoms with Crippen LogP contribution in [0.5, 0.6) is 5.75 Å². The van der Waals surface area contributed by atoms with Crippen molar-refractivity contribution in [3.8, 4) is 5.75 Å². The van der Waals surface area contributed by atoms with Gasteiger partial charge in [-0.1, -0.05) is 18.2 Å². The minimum atomic E-state index is 0.724. The third-order valence-corrected chi connectivity index (χ3v) is 2.05. The number of allylic oxidation sites excluding steroid dienone is 2. The van der Waals surface area contributed by atoms with Crippen molar-refractivity contribution in [1.82, 2.24) is 0 Å². The maximum atomic E-state index is 5.35. The molecule has 1 aromatic carbocycles. The van der Waals surface area contributed by atoms with Crippen molar-refractivity contribution in [1.29, 1.82) is 0 Å². The molecule has 0 atom stereocenters. The molecule has 0 heterocycles. The van der Waals surface area contributed by atoms with Crippen molar-refractivity contribution in [2.75, 3.05) is 6.61 Å². The Morgan fingerprint density at radius 1 is 1.31 bits per heavy atom. The number of hydrogen-bond donors (Lipinski definition) is 0. The van der Waals surface area contributed by atoms with Crippen molar-refractivity contribution in [2.45, 2.75) is 20.8 Å². The highest BCUT2D eigenvalue weighted by atomic mass is 16.5. The Kier molecular flexibility index (Phi) is 3.56. The van der Waals surface area contributed by atoms with E-state index in [1.165, 1.54) is 11.1 Å². The predicted octanol–water partition coefficient (Wildman–Crippen LogP) is 3.51. The summed E-state index contributed by atoms with van der Waals surface area (Å²) in [5.74, 6) is 0.940. The number of ether oxygens (including phenoxy) is 1. The van der Waals surface area contributed by atoms with Crippen LogP contribution >= 0.6 is 0 Å². The quantitative estimate of drug-likeness (QED) is 0.684. The van der Waals surface area contributed by atoms with Gasteiger partial charge in [0.15, 0.2) is 0 Å². The lowest BCUT2D eigenvalue weighted by molar-refractivity contribution is 0.340. The van der Waals surface area contributed by atoms with Crippen molar-refractivity contribution < 1.29 is 4.74 Å². The van der Waals surface area contributed by atoms with Gasteiger partial charge in [-0.3, -0.25) is 0 Å². The van der Waals surface area contributed by atoms with Gasteiger partial charge in [-0.05, 0) is 44.0 Å². The van der Waals surface area contributed by atoms with Gasteiger partial charge in [-0.15, -0.1) is 0 Å². The largest absolute Gasteiger partial charge is 0.494 e. The third-order valence-electron chi connectivity index (χ3n) is 2.05. The van der Waals surface area contributed by atoms with Gasteiger partial charge in [-0.2, -0.15) is 0 Å². The average Bonchev–Trinajstić information content (AvgIpc) is 2.18. The van der Waals surface area contributed by atoms with Gasteiger partial charge in [0, 0.05) is 0 Å². The first kappa shape index (κ1) is 9.85. The SMILES string of the molecule is CC=C(C)c1ccc(OCC)cc1. The molecule has 0 aromatic heterocycles. The Morgan fingerprint density at radius 2 is 1.92 bits per heavy atom. The number of rotatable bonds is 3. The minimum absolute atomic E-state index is 0.724. The Morgan fingerprint density at radius 3 is 2.38 bits per heavy atom. The fourth-order valence-corrected chi connectivity index (χ4v) is 1.15. The fraction of sp³-hybridized carbons (Fsp3) is 0.333. The zero-order valence-corrected chi connectivity index (χ0v) is 8.50. The molecule has 1 rings (SSSR count). The topological polar surface area (TPSA) is 9.23 Å². The summed E-state index contributed by atoms with van der Waals surface area (Å²) in [5.41, 5.74) is 2.55. The van der Waals surface area contributed by atoms with E-state index in [9.17, 15) is 0 Å². The van der Waals surface area contributed by atoms with Gasteiger partial charge in [0.1, 0.15) is 5.75 Å². The zero-order chi connectivity index (χ0) is 9.68. The highest BCUT2D eigenvalue weighted by Crippen LogP contribution is 2.17. The van der Waals surface area contributed by atoms with Crippen LogP contribution in [-0.4, -0.2) is 6.61 Å². The molecule has 0 bridgehead atoms. The molecule has 0 spiro atoms. The molecule has 1 heteroatoms. The fourth-order valence-electron chi connectivity index (χ4n) is 1.15. The molecule has 0 saturated carbocycles. The van der Waals surface area contributed by atoms with Crippen LogP contribution in [-0.2, 0) is 0 Å². The molecule has 0 radical (unpaired) electrons. The van der Waals surface area contributed by atoms with E-state index in [0.29, 0.717) is 0 Å². The molecule has 13 heavy (non-hydrogen) atoms. The van der Waals surface area contributed by atoms with E-state index < -0.39 is 0 Å². The molecule has 0 amide bonds. The van der Waals surface area contributed by atoms with Crippen LogP contribution in [0.2, 0.25) is 0 Å². The molecule has 0 unspecified atom stereocenters. The van der Waals surface area contributed by atoms with Gasteiger partial charge in [-0.25, -0.2) is 0 Å². The molecular weight excluding hydrogens is 160 g/mol. The van der Waals surface area contributed by atoms with E-state index in [-0.39, 0.29) is 0 Å². The van der Waals surface area contributed by atoms with Gasteiger partial charge in [0.05, 0.1) is 6.61 Å². The maximum Gasteiger partial charge on any atom is 0.119 e. The van der Waals surface area contributed by atoms with E-state index in [0.717, 1.165) is 12.4 Å². The van der Waals surface area contributed by atoms with Gasteiger partial charge < -0.3 is 4.74 Å². The van der Waals surface area contributed by atoms with Crippen LogP contribution in [0.1, 0.15) is 26.3 Å². The van der Waals surface area contributed by atoms with Crippen LogP contribution < -0.4 is 4.74 Å². The van der Waals surface area contributed by atoms with Crippen molar-refractivity contribution in [3.63, 3.8) is 0 Å². The molecule has 0 aliphatic carbocycles. The summed E-state index contributed by atoms with van der Waals surface area (Å²) in [7, 11) is 0. The Labute approximate surface area is 80.0 Å². The van der Waals surface area contributed by atoms with Crippen molar-refractivity contribution >= 4 is 5.57 Å². The van der Waals surface area contributed by atoms with Crippen LogP contribution in [0.15, 0.2) is 30.3 Å². The Hall–Kier alpha value is -1.24. The van der Waals surface area contributed by atoms with Crippen LogP contribution in [0.25, 0.3) is 5.57 Å². The standard InChI is InChI=1S/C12H16O/c1-4-10(3)11-6-8-12(9-7-11)13-5-2/h4,6-9H,5H2,1-3H3. The first-order chi connectivity index (χ1) is 6.27. The summed E-state index contributed by atoms with van der Waals surface area (Å²) >= 11 is 0. The average molecular weight is 176 g/mol. The molecule has 0 fully saturated rings. The third kappa shape index (κ3) is 2.62. The van der Waals surface area contributed by atoms with E-state index >= 15 is 0 Å². The van der Waals surface area contributed by atoms with E-state index in [2.05, 4.69) is 25.1 Å². The van der Waals surface area contributed by atoms with Crippen LogP contribution in [0, 0.1) is 0 Å². The number of hydrogen-bond acceptors (Lipinski definition) is 1. The Bertz CT molecular complexity index is 282. The predicted molar refractivity (Wildman–Crippen MR) is 56.9 cm³/mol. The molecule has 70 valence electrons. The second-order valence-corrected chi connectivity index (χ2v) is 2.93. The zero-order valence-electron chi connectivity index (χ0n) is 8.50. The molecule has 0 aliphatic heterocycles. The Balaban J connectivity index is 2.81. The minimum Gasteiger partial charge on any atom is -0.494 e. The van der Waals surface area contributed by atoms with Crippen molar-refractivity contribution in [3.05, 3.63) is 35.9 Å². The van der Waals surface area contributed by atoms with Crippen LogP contribution in [0.3, 0.4) is 0 Å². The highest BCUT2D eigenvalue weighted by molar-refractivity contribution is 5.63. The lowest BCUT2D eigenvalue weighted by Crippen LogP contribution is -1.90. The lowest BCUT2D eigenvalue weighted by atomic mass is 10.1. The van der Waals surface area contributed by atoms with E-state index in [1.807, 2.05) is 26.0 Å². The normalized spacial score (nSPS) is 11.5. The van der Waals surface area contributed by atoms with Gasteiger partial charge >= 0.3 is 0 Å². The van der Waals surface area contributed by atoms with Crippen LogP contribution in [0.4, 0.5) is 0 Å². The van der Waals surface area contributed by atoms with Crippen molar-refractivity contribution in [2.24, 2.45) is 0 Å². The monoisotopic (exact) mass is 176 g/mol. The van der Waals surface area contributed by atoms with Gasteiger partial charge in [0.2, 0.25) is 0 Å².